The van der Waals surface area contributed by atoms with Crippen LogP contribution in [0.5, 0.6) is 11.5 Å². The zero-order valence-corrected chi connectivity index (χ0v) is 10.9. The summed E-state index contributed by atoms with van der Waals surface area (Å²) in [6.07, 6.45) is 0. The summed E-state index contributed by atoms with van der Waals surface area (Å²) in [4.78, 5) is 8.41. The summed E-state index contributed by atoms with van der Waals surface area (Å²) in [7, 11) is 0. The summed E-state index contributed by atoms with van der Waals surface area (Å²) >= 11 is 12.0. The van der Waals surface area contributed by atoms with Crippen LogP contribution in [-0.4, -0.2) is 16.8 Å². The van der Waals surface area contributed by atoms with Crippen molar-refractivity contribution in [3.05, 3.63) is 34.1 Å². The van der Waals surface area contributed by atoms with Crippen molar-refractivity contribution < 1.29 is 9.47 Å². The molecular formula is C12H8Cl2N2O2. The summed E-state index contributed by atoms with van der Waals surface area (Å²) in [5.74, 6) is 1.85. The van der Waals surface area contributed by atoms with Crippen LogP contribution in [0.15, 0.2) is 18.2 Å². The normalized spacial score (nSPS) is 12.8. The van der Waals surface area contributed by atoms with E-state index in [1.165, 1.54) is 0 Å². The quantitative estimate of drug-likeness (QED) is 0.751. The molecule has 1 aliphatic heterocycles. The first-order valence-electron chi connectivity index (χ1n) is 5.25. The Labute approximate surface area is 113 Å². The molecule has 0 unspecified atom stereocenters. The van der Waals surface area contributed by atoms with Crippen LogP contribution in [-0.2, 0) is 0 Å². The highest BCUT2D eigenvalue weighted by Crippen LogP contribution is 2.35. The number of aromatic nitrogens is 2. The molecule has 0 amide bonds. The Morgan fingerprint density at radius 2 is 1.72 bits per heavy atom. The van der Waals surface area contributed by atoms with Crippen molar-refractivity contribution >= 4 is 23.2 Å². The SMILES string of the molecule is Cc1c(Cl)nc(-c2ccc3c(c2)OCO3)nc1Cl. The van der Waals surface area contributed by atoms with Crippen molar-refractivity contribution in [2.45, 2.75) is 6.92 Å². The minimum atomic E-state index is 0.231. The predicted octanol–water partition coefficient (Wildman–Crippen LogP) is 3.49. The number of benzene rings is 1. The Balaban J connectivity index is 2.10. The molecule has 6 heteroatoms. The molecule has 0 saturated carbocycles. The third kappa shape index (κ3) is 1.87. The van der Waals surface area contributed by atoms with Crippen LogP contribution < -0.4 is 9.47 Å². The molecule has 1 aromatic heterocycles. The van der Waals surface area contributed by atoms with Gasteiger partial charge in [-0.1, -0.05) is 23.2 Å². The lowest BCUT2D eigenvalue weighted by atomic mass is 10.2. The van der Waals surface area contributed by atoms with Gasteiger partial charge < -0.3 is 9.47 Å². The molecule has 0 atom stereocenters. The first kappa shape index (κ1) is 11.6. The van der Waals surface area contributed by atoms with E-state index < -0.39 is 0 Å². The van der Waals surface area contributed by atoms with Crippen molar-refractivity contribution in [2.75, 3.05) is 6.79 Å². The zero-order chi connectivity index (χ0) is 12.7. The van der Waals surface area contributed by atoms with Gasteiger partial charge in [-0.25, -0.2) is 9.97 Å². The molecule has 0 bridgehead atoms. The number of nitrogens with zero attached hydrogens (tertiary/aromatic N) is 2. The van der Waals surface area contributed by atoms with Gasteiger partial charge in [-0.3, -0.25) is 0 Å². The van der Waals surface area contributed by atoms with Gasteiger partial charge in [-0.05, 0) is 25.1 Å². The minimum absolute atomic E-state index is 0.231. The number of fused-ring (bicyclic) bond motifs is 1. The molecule has 0 saturated heterocycles. The number of hydrogen-bond donors (Lipinski definition) is 0. The average molecular weight is 283 g/mol. The van der Waals surface area contributed by atoms with Crippen molar-refractivity contribution in [1.82, 2.24) is 9.97 Å². The van der Waals surface area contributed by atoms with Crippen LogP contribution in [0.2, 0.25) is 10.3 Å². The smallest absolute Gasteiger partial charge is 0.231 e. The van der Waals surface area contributed by atoms with Crippen LogP contribution in [0.3, 0.4) is 0 Å². The number of rotatable bonds is 1. The highest BCUT2D eigenvalue weighted by molar-refractivity contribution is 6.34. The third-order valence-electron chi connectivity index (χ3n) is 2.66. The third-order valence-corrected chi connectivity index (χ3v) is 3.39. The highest BCUT2D eigenvalue weighted by Gasteiger charge is 2.16. The molecule has 92 valence electrons. The second-order valence-electron chi connectivity index (χ2n) is 3.82. The van der Waals surface area contributed by atoms with E-state index in [4.69, 9.17) is 32.7 Å². The van der Waals surface area contributed by atoms with Crippen molar-refractivity contribution in [3.63, 3.8) is 0 Å². The summed E-state index contributed by atoms with van der Waals surface area (Å²) in [6.45, 7) is 2.00. The van der Waals surface area contributed by atoms with E-state index in [-0.39, 0.29) is 6.79 Å². The zero-order valence-electron chi connectivity index (χ0n) is 9.41. The molecule has 0 radical (unpaired) electrons. The van der Waals surface area contributed by atoms with E-state index in [2.05, 4.69) is 9.97 Å². The lowest BCUT2D eigenvalue weighted by Crippen LogP contribution is -1.94. The van der Waals surface area contributed by atoms with Crippen LogP contribution in [0, 0.1) is 6.92 Å². The fourth-order valence-electron chi connectivity index (χ4n) is 1.63. The second-order valence-corrected chi connectivity index (χ2v) is 4.54. The molecule has 3 rings (SSSR count). The maximum absolute atomic E-state index is 5.99. The van der Waals surface area contributed by atoms with Gasteiger partial charge in [0.25, 0.3) is 0 Å². The highest BCUT2D eigenvalue weighted by atomic mass is 35.5. The van der Waals surface area contributed by atoms with Crippen LogP contribution in [0.1, 0.15) is 5.56 Å². The Morgan fingerprint density at radius 3 is 2.44 bits per heavy atom. The van der Waals surface area contributed by atoms with Gasteiger partial charge in [0.05, 0.1) is 0 Å². The molecule has 2 aromatic rings. The number of ether oxygens (including phenoxy) is 2. The lowest BCUT2D eigenvalue weighted by Gasteiger charge is -2.05. The molecule has 1 aromatic carbocycles. The maximum Gasteiger partial charge on any atom is 0.231 e. The van der Waals surface area contributed by atoms with E-state index in [1.807, 2.05) is 12.1 Å². The summed E-state index contributed by atoms with van der Waals surface area (Å²) in [5, 5.41) is 0.699. The monoisotopic (exact) mass is 282 g/mol. The van der Waals surface area contributed by atoms with E-state index >= 15 is 0 Å². The van der Waals surface area contributed by atoms with Crippen LogP contribution in [0.25, 0.3) is 11.4 Å². The van der Waals surface area contributed by atoms with Gasteiger partial charge in [-0.2, -0.15) is 0 Å². The number of hydrogen-bond acceptors (Lipinski definition) is 4. The standard InChI is InChI=1S/C12H8Cl2N2O2/c1-6-10(13)15-12(16-11(6)14)7-2-3-8-9(4-7)18-5-17-8/h2-4H,5H2,1H3. The molecule has 0 fully saturated rings. The minimum Gasteiger partial charge on any atom is -0.454 e. The van der Waals surface area contributed by atoms with Gasteiger partial charge in [0, 0.05) is 11.1 Å². The topological polar surface area (TPSA) is 44.2 Å². The van der Waals surface area contributed by atoms with Crippen molar-refractivity contribution in [3.8, 4) is 22.9 Å². The predicted molar refractivity (Wildman–Crippen MR) is 68.3 cm³/mol. The maximum atomic E-state index is 5.99. The molecule has 1 aliphatic rings. The molecule has 2 heterocycles. The first-order chi connectivity index (χ1) is 8.65. The Hall–Kier alpha value is -1.52. The van der Waals surface area contributed by atoms with Crippen molar-refractivity contribution in [1.29, 1.82) is 0 Å². The van der Waals surface area contributed by atoms with E-state index in [1.54, 1.807) is 13.0 Å². The lowest BCUT2D eigenvalue weighted by molar-refractivity contribution is 0.174. The average Bonchev–Trinajstić information content (AvgIpc) is 2.82. The number of halogens is 2. The van der Waals surface area contributed by atoms with Crippen LogP contribution in [0.4, 0.5) is 0 Å². The molecule has 0 spiro atoms. The Morgan fingerprint density at radius 1 is 1.06 bits per heavy atom. The largest absolute Gasteiger partial charge is 0.454 e. The Bertz CT molecular complexity index is 608. The molecular weight excluding hydrogens is 275 g/mol. The fraction of sp³-hybridized carbons (Fsp3) is 0.167. The molecule has 18 heavy (non-hydrogen) atoms. The molecule has 0 aliphatic carbocycles. The second kappa shape index (κ2) is 4.30. The van der Waals surface area contributed by atoms with E-state index in [0.29, 0.717) is 33.2 Å². The van der Waals surface area contributed by atoms with Gasteiger partial charge in [0.1, 0.15) is 10.3 Å². The van der Waals surface area contributed by atoms with Gasteiger partial charge in [-0.15, -0.1) is 0 Å². The summed E-state index contributed by atoms with van der Waals surface area (Å²) < 4.78 is 10.5. The fourth-order valence-corrected chi connectivity index (χ4v) is 2.02. The molecule has 4 nitrogen and oxygen atoms in total. The van der Waals surface area contributed by atoms with E-state index in [9.17, 15) is 0 Å². The summed E-state index contributed by atoms with van der Waals surface area (Å²) in [6, 6.07) is 5.45. The van der Waals surface area contributed by atoms with Gasteiger partial charge in [0.15, 0.2) is 17.3 Å². The van der Waals surface area contributed by atoms with Gasteiger partial charge >= 0.3 is 0 Å². The van der Waals surface area contributed by atoms with Crippen molar-refractivity contribution in [2.24, 2.45) is 0 Å². The summed E-state index contributed by atoms with van der Waals surface area (Å²) in [5.41, 5.74) is 1.45. The van der Waals surface area contributed by atoms with Crippen LogP contribution >= 0.6 is 23.2 Å². The first-order valence-corrected chi connectivity index (χ1v) is 6.00. The molecule has 0 N–H and O–H groups in total. The Kier molecular flexibility index (Phi) is 2.76. The van der Waals surface area contributed by atoms with Gasteiger partial charge in [0.2, 0.25) is 6.79 Å². The van der Waals surface area contributed by atoms with E-state index in [0.717, 1.165) is 5.56 Å².